The van der Waals surface area contributed by atoms with Crippen LogP contribution in [0.3, 0.4) is 0 Å². The first-order valence-electron chi connectivity index (χ1n) is 12.0. The van der Waals surface area contributed by atoms with Gasteiger partial charge in [0.2, 0.25) is 5.91 Å². The predicted molar refractivity (Wildman–Crippen MR) is 126 cm³/mol. The first kappa shape index (κ1) is 21.2. The largest absolute Gasteiger partial charge is 0.497 e. The minimum absolute atomic E-state index is 0.227. The second-order valence-corrected chi connectivity index (χ2v) is 9.33. The number of aryl methyl sites for hydroxylation is 2. The minimum atomic E-state index is 0.227. The van der Waals surface area contributed by atoms with Crippen LogP contribution in [0.5, 0.6) is 5.75 Å². The quantitative estimate of drug-likeness (QED) is 0.483. The first-order valence-corrected chi connectivity index (χ1v) is 12.0. The van der Waals surface area contributed by atoms with E-state index in [9.17, 15) is 9.59 Å². The summed E-state index contributed by atoms with van der Waals surface area (Å²) in [6.45, 7) is 3.89. The van der Waals surface area contributed by atoms with Gasteiger partial charge in [-0.1, -0.05) is 6.07 Å². The molecule has 0 atom stereocenters. The lowest BCUT2D eigenvalue weighted by Crippen LogP contribution is -2.32. The number of amides is 1. The van der Waals surface area contributed by atoms with Gasteiger partial charge in [-0.15, -0.1) is 0 Å². The Bertz CT molecular complexity index is 1050. The Balaban J connectivity index is 1.15. The smallest absolute Gasteiger partial charge is 0.227 e. The van der Waals surface area contributed by atoms with E-state index < -0.39 is 0 Å². The molecule has 5 nitrogen and oxygen atoms in total. The first-order chi connectivity index (χ1) is 15.6. The van der Waals surface area contributed by atoms with Gasteiger partial charge in [0.25, 0.3) is 0 Å². The number of nitrogens with zero attached hydrogens (tertiary/aromatic N) is 2. The van der Waals surface area contributed by atoms with Crippen molar-refractivity contribution < 1.29 is 14.3 Å². The summed E-state index contributed by atoms with van der Waals surface area (Å²) in [6, 6.07) is 10.5. The lowest BCUT2D eigenvalue weighted by Gasteiger charge is -2.25. The van der Waals surface area contributed by atoms with Crippen LogP contribution < -0.4 is 9.64 Å². The van der Waals surface area contributed by atoms with Gasteiger partial charge in [0.15, 0.2) is 5.78 Å². The molecule has 3 aliphatic heterocycles. The van der Waals surface area contributed by atoms with E-state index in [2.05, 4.69) is 23.1 Å². The van der Waals surface area contributed by atoms with Crippen molar-refractivity contribution in [1.29, 1.82) is 0 Å². The average molecular weight is 433 g/mol. The second kappa shape index (κ2) is 9.07. The molecular weight excluding hydrogens is 400 g/mol. The van der Waals surface area contributed by atoms with Gasteiger partial charge in [-0.3, -0.25) is 14.5 Å². The Morgan fingerprint density at radius 3 is 2.62 bits per heavy atom. The van der Waals surface area contributed by atoms with Gasteiger partial charge in [-0.05, 0) is 98.1 Å². The third-order valence-corrected chi connectivity index (χ3v) is 7.23. The van der Waals surface area contributed by atoms with Crippen LogP contribution in [0.25, 0.3) is 0 Å². The zero-order chi connectivity index (χ0) is 22.1. The summed E-state index contributed by atoms with van der Waals surface area (Å²) >= 11 is 0. The van der Waals surface area contributed by atoms with Crippen molar-refractivity contribution in [2.24, 2.45) is 0 Å². The van der Waals surface area contributed by atoms with Gasteiger partial charge in [0, 0.05) is 31.5 Å². The van der Waals surface area contributed by atoms with Crippen LogP contribution in [-0.2, 0) is 30.6 Å². The maximum absolute atomic E-state index is 12.9. The number of unbranched alkanes of at least 4 members (excludes halogenated alkanes) is 1. The fourth-order valence-electron chi connectivity index (χ4n) is 5.50. The molecule has 0 aromatic heterocycles. The van der Waals surface area contributed by atoms with E-state index in [0.717, 1.165) is 81.7 Å². The predicted octanol–water partition coefficient (Wildman–Crippen LogP) is 4.33. The Morgan fingerprint density at radius 2 is 1.78 bits per heavy atom. The Hall–Kier alpha value is -2.66. The summed E-state index contributed by atoms with van der Waals surface area (Å²) in [5.41, 5.74) is 7.10. The molecule has 3 aliphatic rings. The molecule has 0 bridgehead atoms. The Morgan fingerprint density at radius 1 is 0.938 bits per heavy atom. The molecule has 0 unspecified atom stereocenters. The van der Waals surface area contributed by atoms with Gasteiger partial charge < -0.3 is 9.64 Å². The van der Waals surface area contributed by atoms with Gasteiger partial charge in [0.1, 0.15) is 5.75 Å². The van der Waals surface area contributed by atoms with Crippen LogP contribution in [0.15, 0.2) is 30.3 Å². The average Bonchev–Trinajstić information content (AvgIpc) is 3.14. The van der Waals surface area contributed by atoms with Crippen LogP contribution in [0.1, 0.15) is 64.7 Å². The fourth-order valence-corrected chi connectivity index (χ4v) is 5.50. The highest BCUT2D eigenvalue weighted by Gasteiger charge is 2.31. The van der Waals surface area contributed by atoms with Gasteiger partial charge in [-0.2, -0.15) is 0 Å². The lowest BCUT2D eigenvalue weighted by molar-refractivity contribution is -0.118. The van der Waals surface area contributed by atoms with Crippen LogP contribution in [0.2, 0.25) is 0 Å². The highest BCUT2D eigenvalue weighted by Crippen LogP contribution is 2.37. The summed E-state index contributed by atoms with van der Waals surface area (Å²) < 4.78 is 5.38. The molecule has 32 heavy (non-hydrogen) atoms. The zero-order valence-corrected chi connectivity index (χ0v) is 19.0. The summed E-state index contributed by atoms with van der Waals surface area (Å²) in [5, 5.41) is 0. The van der Waals surface area contributed by atoms with Crippen LogP contribution >= 0.6 is 0 Å². The van der Waals surface area contributed by atoms with E-state index in [1.54, 1.807) is 7.11 Å². The number of hydrogen-bond acceptors (Lipinski definition) is 4. The molecule has 0 aliphatic carbocycles. The molecule has 0 N–H and O–H groups in total. The van der Waals surface area contributed by atoms with Crippen molar-refractivity contribution >= 4 is 17.4 Å². The standard InChI is InChI=1S/C27H32N2O3/c1-32-24-9-7-22-18-28(13-4-5-19(22)17-24)12-3-2-6-25(30)23-15-20-8-10-26(31)29-14-11-21(16-23)27(20)29/h7,9,15-17H,2-6,8,10-14,18H2,1H3. The molecule has 0 radical (unpaired) electrons. The molecule has 3 heterocycles. The topological polar surface area (TPSA) is 49.9 Å². The number of fused-ring (bicyclic) bond motifs is 1. The highest BCUT2D eigenvalue weighted by atomic mass is 16.5. The number of rotatable bonds is 7. The van der Waals surface area contributed by atoms with E-state index in [1.165, 1.54) is 22.3 Å². The maximum Gasteiger partial charge on any atom is 0.227 e. The normalized spacial score (nSPS) is 17.7. The molecule has 0 saturated carbocycles. The number of carbonyl (C=O) groups is 2. The number of anilines is 1. The van der Waals surface area contributed by atoms with E-state index in [-0.39, 0.29) is 11.7 Å². The van der Waals surface area contributed by atoms with Crippen molar-refractivity contribution in [3.8, 4) is 5.75 Å². The maximum atomic E-state index is 12.9. The molecule has 2 aromatic carbocycles. The van der Waals surface area contributed by atoms with Crippen LogP contribution in [0.4, 0.5) is 5.69 Å². The summed E-state index contributed by atoms with van der Waals surface area (Å²) in [7, 11) is 1.72. The van der Waals surface area contributed by atoms with Crippen LogP contribution in [0, 0.1) is 0 Å². The zero-order valence-electron chi connectivity index (χ0n) is 19.0. The van der Waals surface area contributed by atoms with Crippen LogP contribution in [-0.4, -0.2) is 43.3 Å². The van der Waals surface area contributed by atoms with Gasteiger partial charge in [-0.25, -0.2) is 0 Å². The Kier molecular flexibility index (Phi) is 6.01. The summed E-state index contributed by atoms with van der Waals surface area (Å²) in [6.07, 6.45) is 7.03. The molecule has 1 amide bonds. The third-order valence-electron chi connectivity index (χ3n) is 7.23. The number of ketones is 1. The summed E-state index contributed by atoms with van der Waals surface area (Å²) in [5.74, 6) is 1.41. The number of methoxy groups -OCH3 is 1. The van der Waals surface area contributed by atoms with Gasteiger partial charge in [0.05, 0.1) is 12.8 Å². The number of Topliss-reactive ketones (excluding diaryl/α,β-unsaturated/α-hetero) is 1. The second-order valence-electron chi connectivity index (χ2n) is 9.33. The SMILES string of the molecule is COc1ccc2c(c1)CCCN(CCCCC(=O)c1cc3c4c(c1)CCN4C(=O)CC3)C2. The van der Waals surface area contributed by atoms with Gasteiger partial charge >= 0.3 is 0 Å². The van der Waals surface area contributed by atoms with Crippen molar-refractivity contribution in [1.82, 2.24) is 4.90 Å². The molecular formula is C27H32N2O3. The minimum Gasteiger partial charge on any atom is -0.497 e. The van der Waals surface area contributed by atoms with E-state index in [4.69, 9.17) is 4.74 Å². The number of hydrogen-bond donors (Lipinski definition) is 0. The molecule has 0 fully saturated rings. The van der Waals surface area contributed by atoms with Crippen molar-refractivity contribution in [2.75, 3.05) is 31.6 Å². The van der Waals surface area contributed by atoms with Crippen molar-refractivity contribution in [3.05, 3.63) is 58.1 Å². The lowest BCUT2D eigenvalue weighted by atomic mass is 9.94. The van der Waals surface area contributed by atoms with E-state index in [0.29, 0.717) is 12.8 Å². The fraction of sp³-hybridized carbons (Fsp3) is 0.481. The molecule has 0 spiro atoms. The number of carbonyl (C=O) groups excluding carboxylic acids is 2. The molecule has 168 valence electrons. The Labute approximate surface area is 190 Å². The van der Waals surface area contributed by atoms with Crippen molar-refractivity contribution in [3.63, 3.8) is 0 Å². The number of benzene rings is 2. The summed E-state index contributed by atoms with van der Waals surface area (Å²) in [4.78, 5) is 29.4. The molecule has 0 saturated heterocycles. The van der Waals surface area contributed by atoms with E-state index >= 15 is 0 Å². The molecule has 5 heteroatoms. The number of ether oxygens (including phenoxy) is 1. The molecule has 2 aromatic rings. The molecule has 5 rings (SSSR count). The van der Waals surface area contributed by atoms with E-state index in [1.807, 2.05) is 17.0 Å². The monoisotopic (exact) mass is 432 g/mol. The third kappa shape index (κ3) is 4.18. The highest BCUT2D eigenvalue weighted by molar-refractivity contribution is 6.02. The van der Waals surface area contributed by atoms with Crippen molar-refractivity contribution in [2.45, 2.75) is 57.9 Å².